The first-order valence-electron chi connectivity index (χ1n) is 5.90. The summed E-state index contributed by atoms with van der Waals surface area (Å²) in [5.74, 6) is -0.892. The molecule has 1 aliphatic rings. The third-order valence-corrected chi connectivity index (χ3v) is 5.33. The standard InChI is InChI=1S/C12H15NO4S2/c1-8(12(14)15)18-10-4-6-11(7-5-10)19(16,17)13-9-2-3-9/h4-9,13H,2-3H2,1H3,(H,14,15). The van der Waals surface area contributed by atoms with Crippen LogP contribution < -0.4 is 4.72 Å². The van der Waals surface area contributed by atoms with Gasteiger partial charge in [0.05, 0.1) is 4.90 Å². The van der Waals surface area contributed by atoms with Gasteiger partial charge in [0.1, 0.15) is 5.25 Å². The molecule has 0 radical (unpaired) electrons. The van der Waals surface area contributed by atoms with Crippen LogP contribution in [0, 0.1) is 0 Å². The van der Waals surface area contributed by atoms with Gasteiger partial charge in [-0.15, -0.1) is 11.8 Å². The van der Waals surface area contributed by atoms with Crippen molar-refractivity contribution < 1.29 is 18.3 Å². The van der Waals surface area contributed by atoms with Crippen molar-refractivity contribution in [1.29, 1.82) is 0 Å². The molecule has 0 amide bonds. The van der Waals surface area contributed by atoms with E-state index in [-0.39, 0.29) is 10.9 Å². The van der Waals surface area contributed by atoms with Crippen LogP contribution >= 0.6 is 11.8 Å². The summed E-state index contributed by atoms with van der Waals surface area (Å²) in [6.07, 6.45) is 1.78. The van der Waals surface area contributed by atoms with E-state index in [4.69, 9.17) is 5.11 Å². The fourth-order valence-corrected chi connectivity index (χ4v) is 3.55. The van der Waals surface area contributed by atoms with E-state index < -0.39 is 21.2 Å². The van der Waals surface area contributed by atoms with Crippen molar-refractivity contribution in [3.63, 3.8) is 0 Å². The summed E-state index contributed by atoms with van der Waals surface area (Å²) in [6, 6.07) is 6.34. The molecule has 0 bridgehead atoms. The van der Waals surface area contributed by atoms with E-state index in [1.165, 1.54) is 23.9 Å². The first-order valence-corrected chi connectivity index (χ1v) is 8.26. The van der Waals surface area contributed by atoms with Crippen LogP contribution in [0.1, 0.15) is 19.8 Å². The Hall–Kier alpha value is -1.05. The van der Waals surface area contributed by atoms with Crippen LogP contribution in [0.5, 0.6) is 0 Å². The summed E-state index contributed by atoms with van der Waals surface area (Å²) in [7, 11) is -3.43. The van der Waals surface area contributed by atoms with Crippen LogP contribution in [-0.4, -0.2) is 30.8 Å². The van der Waals surface area contributed by atoms with Crippen molar-refractivity contribution in [2.45, 2.75) is 40.8 Å². The maximum Gasteiger partial charge on any atom is 0.316 e. The van der Waals surface area contributed by atoms with E-state index in [0.29, 0.717) is 0 Å². The largest absolute Gasteiger partial charge is 0.480 e. The number of hydrogen-bond acceptors (Lipinski definition) is 4. The number of nitrogens with one attached hydrogen (secondary N) is 1. The average molecular weight is 301 g/mol. The number of hydrogen-bond donors (Lipinski definition) is 2. The summed E-state index contributed by atoms with van der Waals surface area (Å²) in [5, 5.41) is 8.24. The summed E-state index contributed by atoms with van der Waals surface area (Å²) >= 11 is 1.18. The fraction of sp³-hybridized carbons (Fsp3) is 0.417. The van der Waals surface area contributed by atoms with Crippen molar-refractivity contribution in [2.24, 2.45) is 0 Å². The molecule has 1 fully saturated rings. The van der Waals surface area contributed by atoms with Crippen molar-refractivity contribution >= 4 is 27.8 Å². The monoisotopic (exact) mass is 301 g/mol. The molecule has 0 aliphatic heterocycles. The lowest BCUT2D eigenvalue weighted by Crippen LogP contribution is -2.25. The van der Waals surface area contributed by atoms with Crippen LogP contribution in [0.3, 0.4) is 0 Å². The zero-order valence-electron chi connectivity index (χ0n) is 10.4. The first-order chi connectivity index (χ1) is 8.88. The Balaban J connectivity index is 2.07. The van der Waals surface area contributed by atoms with Gasteiger partial charge < -0.3 is 5.11 Å². The van der Waals surface area contributed by atoms with Gasteiger partial charge in [-0.05, 0) is 44.0 Å². The van der Waals surface area contributed by atoms with Gasteiger partial charge in [-0.1, -0.05) is 0 Å². The zero-order chi connectivity index (χ0) is 14.0. The maximum atomic E-state index is 11.9. The molecule has 19 heavy (non-hydrogen) atoms. The third kappa shape index (κ3) is 3.95. The average Bonchev–Trinajstić information content (AvgIpc) is 3.12. The number of sulfonamides is 1. The SMILES string of the molecule is CC(Sc1ccc(S(=O)(=O)NC2CC2)cc1)C(=O)O. The minimum absolute atomic E-state index is 0.0751. The second kappa shape index (κ2) is 5.52. The first kappa shape index (κ1) is 14.4. The lowest BCUT2D eigenvalue weighted by molar-refractivity contribution is -0.136. The number of carboxylic acids is 1. The van der Waals surface area contributed by atoms with Crippen LogP contribution in [0.15, 0.2) is 34.1 Å². The fourth-order valence-electron chi connectivity index (χ4n) is 1.44. The number of rotatable bonds is 6. The summed E-state index contributed by atoms with van der Waals surface area (Å²) in [5.41, 5.74) is 0. The smallest absolute Gasteiger partial charge is 0.316 e. The lowest BCUT2D eigenvalue weighted by atomic mass is 10.4. The Bertz CT molecular complexity index is 564. The Morgan fingerprint density at radius 2 is 1.95 bits per heavy atom. The zero-order valence-corrected chi connectivity index (χ0v) is 12.0. The van der Waals surface area contributed by atoms with Gasteiger partial charge >= 0.3 is 5.97 Å². The molecule has 1 aromatic carbocycles. The molecule has 1 atom stereocenters. The van der Waals surface area contributed by atoms with Gasteiger partial charge in [-0.3, -0.25) is 4.79 Å². The van der Waals surface area contributed by atoms with Gasteiger partial charge in [0.2, 0.25) is 10.0 Å². The number of carboxylic acid groups (broad SMARTS) is 1. The van der Waals surface area contributed by atoms with Gasteiger partial charge in [0.15, 0.2) is 0 Å². The van der Waals surface area contributed by atoms with E-state index >= 15 is 0 Å². The molecule has 5 nitrogen and oxygen atoms in total. The van der Waals surface area contributed by atoms with Crippen molar-refractivity contribution in [3.05, 3.63) is 24.3 Å². The number of carbonyl (C=O) groups is 1. The minimum atomic E-state index is -3.43. The van der Waals surface area contributed by atoms with Gasteiger partial charge in [0, 0.05) is 10.9 Å². The third-order valence-electron chi connectivity index (χ3n) is 2.69. The van der Waals surface area contributed by atoms with E-state index in [2.05, 4.69) is 4.72 Å². The Labute approximate surface area is 116 Å². The highest BCUT2D eigenvalue weighted by Crippen LogP contribution is 2.26. The predicted octanol–water partition coefficient (Wildman–Crippen LogP) is 1.69. The van der Waals surface area contributed by atoms with Crippen LogP contribution in [-0.2, 0) is 14.8 Å². The van der Waals surface area contributed by atoms with Crippen LogP contribution in [0.4, 0.5) is 0 Å². The molecule has 0 spiro atoms. The Morgan fingerprint density at radius 1 is 1.37 bits per heavy atom. The molecule has 0 aromatic heterocycles. The molecule has 1 aliphatic carbocycles. The van der Waals surface area contributed by atoms with Crippen molar-refractivity contribution in [3.8, 4) is 0 Å². The topological polar surface area (TPSA) is 83.5 Å². The molecular weight excluding hydrogens is 286 g/mol. The summed E-state index contributed by atoms with van der Waals surface area (Å²) in [6.45, 7) is 1.59. The Morgan fingerprint density at radius 3 is 2.42 bits per heavy atom. The molecule has 7 heteroatoms. The molecule has 1 saturated carbocycles. The van der Waals surface area contributed by atoms with E-state index in [0.717, 1.165) is 17.7 Å². The molecule has 0 saturated heterocycles. The molecular formula is C12H15NO4S2. The second-order valence-corrected chi connectivity index (χ2v) is 7.59. The normalized spacial score (nSPS) is 17.1. The number of aliphatic carboxylic acids is 1. The molecule has 1 aromatic rings. The molecule has 1 unspecified atom stereocenters. The van der Waals surface area contributed by atoms with Gasteiger partial charge in [-0.2, -0.15) is 0 Å². The van der Waals surface area contributed by atoms with Crippen LogP contribution in [0.25, 0.3) is 0 Å². The lowest BCUT2D eigenvalue weighted by Gasteiger charge is -2.08. The van der Waals surface area contributed by atoms with Gasteiger partial charge in [-0.25, -0.2) is 13.1 Å². The Kier molecular flexibility index (Phi) is 4.17. The van der Waals surface area contributed by atoms with Crippen LogP contribution in [0.2, 0.25) is 0 Å². The summed E-state index contributed by atoms with van der Waals surface area (Å²) in [4.78, 5) is 11.7. The maximum absolute atomic E-state index is 11.9. The molecule has 104 valence electrons. The summed E-state index contributed by atoms with van der Waals surface area (Å²) < 4.78 is 26.4. The molecule has 0 heterocycles. The van der Waals surface area contributed by atoms with E-state index in [1.807, 2.05) is 0 Å². The second-order valence-electron chi connectivity index (χ2n) is 4.47. The highest BCUT2D eigenvalue weighted by molar-refractivity contribution is 8.00. The number of benzene rings is 1. The van der Waals surface area contributed by atoms with Crippen molar-refractivity contribution in [1.82, 2.24) is 4.72 Å². The van der Waals surface area contributed by atoms with E-state index in [9.17, 15) is 13.2 Å². The predicted molar refractivity (Wildman–Crippen MR) is 72.7 cm³/mol. The van der Waals surface area contributed by atoms with Gasteiger partial charge in [0.25, 0.3) is 0 Å². The highest BCUT2D eigenvalue weighted by atomic mass is 32.2. The number of thioether (sulfide) groups is 1. The quantitative estimate of drug-likeness (QED) is 0.781. The van der Waals surface area contributed by atoms with E-state index in [1.54, 1.807) is 19.1 Å². The van der Waals surface area contributed by atoms with Crippen molar-refractivity contribution in [2.75, 3.05) is 0 Å². The highest BCUT2D eigenvalue weighted by Gasteiger charge is 2.27. The minimum Gasteiger partial charge on any atom is -0.480 e. The molecule has 2 N–H and O–H groups in total. The molecule has 2 rings (SSSR count).